The third kappa shape index (κ3) is 10.4. The Morgan fingerprint density at radius 2 is 1.37 bits per heavy atom. The van der Waals surface area contributed by atoms with Crippen molar-refractivity contribution in [2.24, 2.45) is 0 Å². The van der Waals surface area contributed by atoms with Gasteiger partial charge in [-0.3, -0.25) is 9.69 Å². The normalized spacial score (nSPS) is 13.9. The molecule has 0 aliphatic carbocycles. The number of fused-ring (bicyclic) bond motifs is 2. The zero-order chi connectivity index (χ0) is 36.0. The van der Waals surface area contributed by atoms with Crippen molar-refractivity contribution in [3.05, 3.63) is 70.0 Å². The fourth-order valence-electron chi connectivity index (χ4n) is 7.72. The Labute approximate surface area is 303 Å². The van der Waals surface area contributed by atoms with E-state index in [1.807, 2.05) is 11.8 Å². The van der Waals surface area contributed by atoms with Gasteiger partial charge in [0.05, 0.1) is 28.8 Å². The van der Waals surface area contributed by atoms with Gasteiger partial charge in [-0.1, -0.05) is 115 Å². The summed E-state index contributed by atoms with van der Waals surface area (Å²) >= 11 is 0. The predicted octanol–water partition coefficient (Wildman–Crippen LogP) is 9.79. The van der Waals surface area contributed by atoms with Gasteiger partial charge in [-0.2, -0.15) is 0 Å². The van der Waals surface area contributed by atoms with E-state index in [4.69, 9.17) is 4.98 Å². The molecule has 2 aromatic heterocycles. The van der Waals surface area contributed by atoms with Gasteiger partial charge in [-0.15, -0.1) is 0 Å². The molecule has 8 nitrogen and oxygen atoms in total. The van der Waals surface area contributed by atoms with Crippen molar-refractivity contribution in [2.45, 2.75) is 136 Å². The molecule has 1 aliphatic heterocycles. The number of carboxylic acids is 1. The number of para-hydroxylation sites is 2. The second-order valence-electron chi connectivity index (χ2n) is 14.5. The Morgan fingerprint density at radius 1 is 0.784 bits per heavy atom. The molecular weight excluding hydrogens is 641 g/mol. The summed E-state index contributed by atoms with van der Waals surface area (Å²) in [5.41, 5.74) is 2.23. The first-order valence-corrected chi connectivity index (χ1v) is 19.9. The molecule has 0 spiro atoms. The van der Waals surface area contributed by atoms with E-state index < -0.39 is 17.2 Å². The highest BCUT2D eigenvalue weighted by molar-refractivity contribution is 5.93. The molecule has 9 heteroatoms. The van der Waals surface area contributed by atoms with Gasteiger partial charge in [0.2, 0.25) is 5.43 Å². The summed E-state index contributed by atoms with van der Waals surface area (Å²) in [4.78, 5) is 33.9. The maximum absolute atomic E-state index is 15.4. The van der Waals surface area contributed by atoms with Gasteiger partial charge in [-0.25, -0.2) is 14.2 Å². The molecule has 1 N–H and O–H groups in total. The number of hydrogen-bond acceptors (Lipinski definition) is 5. The van der Waals surface area contributed by atoms with Crippen LogP contribution in [-0.4, -0.2) is 56.3 Å². The van der Waals surface area contributed by atoms with E-state index in [0.29, 0.717) is 30.8 Å². The summed E-state index contributed by atoms with van der Waals surface area (Å²) in [6.45, 7) is 9.16. The molecule has 278 valence electrons. The van der Waals surface area contributed by atoms with Crippen LogP contribution in [0.15, 0.2) is 47.4 Å². The minimum Gasteiger partial charge on any atom is -0.477 e. The van der Waals surface area contributed by atoms with Crippen molar-refractivity contribution in [1.82, 2.24) is 19.0 Å². The topological polar surface area (TPSA) is 83.6 Å². The van der Waals surface area contributed by atoms with Crippen molar-refractivity contribution in [2.75, 3.05) is 31.1 Å². The number of carbonyl (C=O) groups is 1. The lowest BCUT2D eigenvalue weighted by molar-refractivity contribution is 0.0694. The number of carboxylic acid groups (broad SMARTS) is 1. The zero-order valence-corrected chi connectivity index (χ0v) is 31.2. The molecule has 1 saturated heterocycles. The lowest BCUT2D eigenvalue weighted by Crippen LogP contribution is -2.46. The Hall–Kier alpha value is -3.72. The molecule has 0 bridgehead atoms. The lowest BCUT2D eigenvalue weighted by Gasteiger charge is -2.36. The number of piperazine rings is 1. The predicted molar refractivity (Wildman–Crippen MR) is 208 cm³/mol. The van der Waals surface area contributed by atoms with E-state index in [9.17, 15) is 14.7 Å². The number of unbranched alkanes of at least 4 members (excludes halogenated alkanes) is 15. The van der Waals surface area contributed by atoms with Gasteiger partial charge in [-0.05, 0) is 37.6 Å². The molecule has 2 aromatic carbocycles. The number of halogens is 1. The number of benzene rings is 2. The summed E-state index contributed by atoms with van der Waals surface area (Å²) in [6.07, 6.45) is 23.2. The number of imidazole rings is 1. The SMILES string of the molecule is CCCCCCCCCCCCCCCCCCn1c(CN2CCN(c3cc4c(cc3F)c(=O)c(C(=O)O)cn4CC)CC2)nc2ccccc21. The number of pyridine rings is 1. The molecule has 51 heavy (non-hydrogen) atoms. The van der Waals surface area contributed by atoms with Crippen LogP contribution in [0.4, 0.5) is 10.1 Å². The molecule has 3 heterocycles. The molecule has 5 rings (SSSR count). The number of aryl methyl sites for hydroxylation is 2. The van der Waals surface area contributed by atoms with Crippen molar-refractivity contribution in [3.8, 4) is 0 Å². The standard InChI is InChI=1S/C42H60FN5O3/c1-3-5-6-7-8-9-10-11-12-13-14-15-16-17-18-21-24-48-37-23-20-19-22-36(37)44-40(48)32-45-25-27-47(28-26-45)39-30-38-33(29-35(39)43)41(49)34(42(50)51)31-46(38)4-2/h19-20,22-23,29-31H,3-18,21,24-28,32H2,1-2H3,(H,50,51). The summed E-state index contributed by atoms with van der Waals surface area (Å²) < 4.78 is 19.6. The minimum absolute atomic E-state index is 0.0971. The van der Waals surface area contributed by atoms with Crippen LogP contribution < -0.4 is 10.3 Å². The minimum atomic E-state index is -1.30. The van der Waals surface area contributed by atoms with Crippen LogP contribution in [0, 0.1) is 5.82 Å². The van der Waals surface area contributed by atoms with Crippen LogP contribution in [0.1, 0.15) is 133 Å². The Balaban J connectivity index is 1.07. The van der Waals surface area contributed by atoms with Gasteiger partial charge in [0, 0.05) is 50.9 Å². The average Bonchev–Trinajstić information content (AvgIpc) is 3.48. The van der Waals surface area contributed by atoms with Crippen molar-refractivity contribution < 1.29 is 14.3 Å². The van der Waals surface area contributed by atoms with Crippen molar-refractivity contribution >= 4 is 33.6 Å². The molecule has 0 unspecified atom stereocenters. The largest absolute Gasteiger partial charge is 0.477 e. The Morgan fingerprint density at radius 3 is 1.96 bits per heavy atom. The average molecular weight is 702 g/mol. The fraction of sp³-hybridized carbons (Fsp3) is 0.595. The van der Waals surface area contributed by atoms with Gasteiger partial charge >= 0.3 is 5.97 Å². The molecule has 0 amide bonds. The van der Waals surface area contributed by atoms with Crippen molar-refractivity contribution in [1.29, 1.82) is 0 Å². The maximum Gasteiger partial charge on any atom is 0.341 e. The van der Waals surface area contributed by atoms with Crippen LogP contribution in [0.3, 0.4) is 0 Å². The smallest absolute Gasteiger partial charge is 0.341 e. The molecule has 1 aliphatic rings. The van der Waals surface area contributed by atoms with Crippen LogP contribution in [0.25, 0.3) is 21.9 Å². The van der Waals surface area contributed by atoms with E-state index in [2.05, 4.69) is 40.7 Å². The first kappa shape index (κ1) is 38.5. The second kappa shape index (κ2) is 19.8. The van der Waals surface area contributed by atoms with E-state index in [1.54, 1.807) is 10.6 Å². The number of nitrogens with zero attached hydrogens (tertiary/aromatic N) is 5. The first-order valence-electron chi connectivity index (χ1n) is 19.9. The van der Waals surface area contributed by atoms with Crippen LogP contribution in [0.2, 0.25) is 0 Å². The summed E-state index contributed by atoms with van der Waals surface area (Å²) in [5.74, 6) is -0.717. The number of aromatic nitrogens is 3. The number of rotatable bonds is 22. The number of hydrogen-bond donors (Lipinski definition) is 1. The van der Waals surface area contributed by atoms with E-state index in [1.165, 1.54) is 114 Å². The van der Waals surface area contributed by atoms with E-state index in [0.717, 1.165) is 43.9 Å². The quantitative estimate of drug-likeness (QED) is 0.0822. The van der Waals surface area contributed by atoms with Crippen molar-refractivity contribution in [3.63, 3.8) is 0 Å². The molecule has 0 saturated carbocycles. The zero-order valence-electron chi connectivity index (χ0n) is 31.2. The number of anilines is 1. The van der Waals surface area contributed by atoms with Crippen LogP contribution in [-0.2, 0) is 19.6 Å². The van der Waals surface area contributed by atoms with E-state index in [-0.39, 0.29) is 10.9 Å². The highest BCUT2D eigenvalue weighted by Gasteiger charge is 2.24. The first-order chi connectivity index (χ1) is 24.9. The number of aromatic carboxylic acids is 1. The molecule has 0 radical (unpaired) electrons. The van der Waals surface area contributed by atoms with Gasteiger partial charge < -0.3 is 19.1 Å². The Bertz CT molecular complexity index is 1760. The summed E-state index contributed by atoms with van der Waals surface area (Å²) in [6, 6.07) is 11.3. The van der Waals surface area contributed by atoms with E-state index >= 15 is 4.39 Å². The molecule has 0 atom stereocenters. The molecule has 1 fully saturated rings. The fourth-order valence-corrected chi connectivity index (χ4v) is 7.72. The van der Waals surface area contributed by atoms with Crippen LogP contribution >= 0.6 is 0 Å². The maximum atomic E-state index is 15.4. The second-order valence-corrected chi connectivity index (χ2v) is 14.5. The highest BCUT2D eigenvalue weighted by Crippen LogP contribution is 2.27. The summed E-state index contributed by atoms with van der Waals surface area (Å²) in [7, 11) is 0. The monoisotopic (exact) mass is 701 g/mol. The lowest BCUT2D eigenvalue weighted by atomic mass is 10.0. The van der Waals surface area contributed by atoms with Gasteiger partial charge in [0.15, 0.2) is 0 Å². The highest BCUT2D eigenvalue weighted by atomic mass is 19.1. The van der Waals surface area contributed by atoms with Gasteiger partial charge in [0.25, 0.3) is 0 Å². The van der Waals surface area contributed by atoms with Crippen LogP contribution in [0.5, 0.6) is 0 Å². The molecular formula is C42H60FN5O3. The summed E-state index contributed by atoms with van der Waals surface area (Å²) in [5, 5.41) is 9.57. The third-order valence-corrected chi connectivity index (χ3v) is 10.8. The van der Waals surface area contributed by atoms with Gasteiger partial charge in [0.1, 0.15) is 17.2 Å². The third-order valence-electron chi connectivity index (χ3n) is 10.8. The molecule has 4 aromatic rings. The Kier molecular flexibility index (Phi) is 14.9.